The second-order valence-electron chi connectivity index (χ2n) is 6.55. The van der Waals surface area contributed by atoms with Crippen LogP contribution in [0, 0.1) is 22.7 Å². The van der Waals surface area contributed by atoms with Crippen molar-refractivity contribution in [2.45, 2.75) is 20.3 Å². The molecule has 0 fully saturated rings. The lowest BCUT2D eigenvalue weighted by Gasteiger charge is -2.09. The molecule has 6 nitrogen and oxygen atoms in total. The normalized spacial score (nSPS) is 10.2. The van der Waals surface area contributed by atoms with E-state index in [1.165, 1.54) is 0 Å². The summed E-state index contributed by atoms with van der Waals surface area (Å²) in [5.41, 5.74) is 3.49. The summed E-state index contributed by atoms with van der Waals surface area (Å²) in [7, 11) is 1.78. The van der Waals surface area contributed by atoms with E-state index in [2.05, 4.69) is 12.1 Å². The van der Waals surface area contributed by atoms with Crippen LogP contribution in [0.3, 0.4) is 0 Å². The Kier molecular flexibility index (Phi) is 6.20. The maximum absolute atomic E-state index is 12.6. The smallest absolute Gasteiger partial charge is 0.355 e. The number of esters is 1. The molecular weight excluding hydrogens is 378 g/mol. The standard InChI is InChI=1S/C24H21N3O3/c1-4-21-20(15-26)22(23(27(21)3)24(28)29-5-2)17-8-12-19(13-9-17)30-18-10-6-16(14-25)7-11-18/h6-13H,4-5H2,1-3H3. The first-order valence-corrected chi connectivity index (χ1v) is 9.61. The zero-order valence-electron chi connectivity index (χ0n) is 17.1. The Morgan fingerprint density at radius 3 is 2.07 bits per heavy atom. The minimum absolute atomic E-state index is 0.254. The summed E-state index contributed by atoms with van der Waals surface area (Å²) in [6.07, 6.45) is 0.617. The van der Waals surface area contributed by atoms with Crippen LogP contribution in [0.1, 0.15) is 41.2 Å². The molecule has 3 rings (SSSR count). The van der Waals surface area contributed by atoms with Gasteiger partial charge in [0.15, 0.2) is 0 Å². The average Bonchev–Trinajstić information content (AvgIpc) is 3.06. The van der Waals surface area contributed by atoms with E-state index < -0.39 is 5.97 Å². The van der Waals surface area contributed by atoms with Crippen molar-refractivity contribution in [1.82, 2.24) is 4.57 Å². The van der Waals surface area contributed by atoms with Gasteiger partial charge in [-0.1, -0.05) is 19.1 Å². The lowest BCUT2D eigenvalue weighted by molar-refractivity contribution is 0.0516. The van der Waals surface area contributed by atoms with E-state index in [0.29, 0.717) is 40.3 Å². The van der Waals surface area contributed by atoms with Gasteiger partial charge in [-0.15, -0.1) is 0 Å². The first-order valence-electron chi connectivity index (χ1n) is 9.61. The molecule has 3 aromatic rings. The van der Waals surface area contributed by atoms with Crippen LogP contribution in [-0.4, -0.2) is 17.1 Å². The van der Waals surface area contributed by atoms with Crippen molar-refractivity contribution in [3.63, 3.8) is 0 Å². The fraction of sp³-hybridized carbons (Fsp3) is 0.208. The number of ether oxygens (including phenoxy) is 2. The van der Waals surface area contributed by atoms with Crippen molar-refractivity contribution in [3.8, 4) is 34.8 Å². The molecule has 0 spiro atoms. The fourth-order valence-electron chi connectivity index (χ4n) is 3.41. The van der Waals surface area contributed by atoms with Crippen molar-refractivity contribution in [3.05, 3.63) is 71.0 Å². The lowest BCUT2D eigenvalue weighted by atomic mass is 10.00. The highest BCUT2D eigenvalue weighted by Gasteiger charge is 2.26. The molecular formula is C24H21N3O3. The van der Waals surface area contributed by atoms with Crippen LogP contribution >= 0.6 is 0 Å². The van der Waals surface area contributed by atoms with Crippen molar-refractivity contribution in [2.75, 3.05) is 6.61 Å². The third kappa shape index (κ3) is 3.90. The average molecular weight is 399 g/mol. The van der Waals surface area contributed by atoms with Crippen LogP contribution in [0.15, 0.2) is 48.5 Å². The molecule has 0 unspecified atom stereocenters. The molecule has 0 radical (unpaired) electrons. The lowest BCUT2D eigenvalue weighted by Crippen LogP contribution is -2.12. The van der Waals surface area contributed by atoms with Gasteiger partial charge in [0.2, 0.25) is 0 Å². The Morgan fingerprint density at radius 2 is 1.57 bits per heavy atom. The molecule has 6 heteroatoms. The molecule has 1 heterocycles. The summed E-state index contributed by atoms with van der Waals surface area (Å²) in [6, 6.07) is 18.3. The summed E-state index contributed by atoms with van der Waals surface area (Å²) in [4.78, 5) is 12.6. The zero-order chi connectivity index (χ0) is 21.7. The number of carbonyl (C=O) groups excluding carboxylic acids is 1. The highest BCUT2D eigenvalue weighted by molar-refractivity contribution is 5.98. The monoisotopic (exact) mass is 399 g/mol. The molecule has 0 aliphatic heterocycles. The van der Waals surface area contributed by atoms with Gasteiger partial charge in [0.25, 0.3) is 0 Å². The number of nitrogens with zero attached hydrogens (tertiary/aromatic N) is 3. The van der Waals surface area contributed by atoms with E-state index in [1.807, 2.05) is 19.1 Å². The van der Waals surface area contributed by atoms with Gasteiger partial charge in [0.1, 0.15) is 23.3 Å². The molecule has 0 aliphatic rings. The van der Waals surface area contributed by atoms with Gasteiger partial charge in [-0.2, -0.15) is 10.5 Å². The van der Waals surface area contributed by atoms with E-state index in [1.54, 1.807) is 54.9 Å². The largest absolute Gasteiger partial charge is 0.461 e. The Balaban J connectivity index is 2.00. The number of aromatic nitrogens is 1. The molecule has 0 atom stereocenters. The maximum atomic E-state index is 12.6. The maximum Gasteiger partial charge on any atom is 0.355 e. The zero-order valence-corrected chi connectivity index (χ0v) is 17.1. The summed E-state index contributed by atoms with van der Waals surface area (Å²) < 4.78 is 12.8. The molecule has 150 valence electrons. The summed E-state index contributed by atoms with van der Waals surface area (Å²) in [5, 5.41) is 18.7. The third-order valence-corrected chi connectivity index (χ3v) is 4.79. The topological polar surface area (TPSA) is 88.0 Å². The molecule has 0 saturated heterocycles. The van der Waals surface area contributed by atoms with Gasteiger partial charge >= 0.3 is 5.97 Å². The predicted octanol–water partition coefficient (Wildman–Crippen LogP) is 4.97. The molecule has 30 heavy (non-hydrogen) atoms. The van der Waals surface area contributed by atoms with E-state index in [-0.39, 0.29) is 6.61 Å². The van der Waals surface area contributed by atoms with Crippen LogP contribution in [0.5, 0.6) is 11.5 Å². The van der Waals surface area contributed by atoms with Gasteiger partial charge in [0, 0.05) is 18.3 Å². The van der Waals surface area contributed by atoms with E-state index in [9.17, 15) is 10.1 Å². The third-order valence-electron chi connectivity index (χ3n) is 4.79. The molecule has 0 amide bonds. The van der Waals surface area contributed by atoms with Gasteiger partial charge in [0.05, 0.1) is 23.8 Å². The second kappa shape index (κ2) is 8.98. The van der Waals surface area contributed by atoms with Crippen LogP contribution in [0.25, 0.3) is 11.1 Å². The Morgan fingerprint density at radius 1 is 0.967 bits per heavy atom. The van der Waals surface area contributed by atoms with E-state index in [0.717, 1.165) is 11.3 Å². The highest BCUT2D eigenvalue weighted by Crippen LogP contribution is 2.34. The van der Waals surface area contributed by atoms with E-state index >= 15 is 0 Å². The minimum Gasteiger partial charge on any atom is -0.461 e. The molecule has 1 aromatic heterocycles. The Labute approximate surface area is 175 Å². The van der Waals surface area contributed by atoms with Gasteiger partial charge in [-0.25, -0.2) is 4.79 Å². The van der Waals surface area contributed by atoms with Crippen molar-refractivity contribution < 1.29 is 14.3 Å². The van der Waals surface area contributed by atoms with E-state index in [4.69, 9.17) is 14.7 Å². The number of benzene rings is 2. The number of carbonyl (C=O) groups is 1. The SMILES string of the molecule is CCOC(=O)c1c(-c2ccc(Oc3ccc(C#N)cc3)cc2)c(C#N)c(CC)n1C. The van der Waals surface area contributed by atoms with Crippen LogP contribution < -0.4 is 4.74 Å². The van der Waals surface area contributed by atoms with Crippen LogP contribution in [0.4, 0.5) is 0 Å². The molecule has 0 saturated carbocycles. The molecule has 0 bridgehead atoms. The van der Waals surface area contributed by atoms with Crippen molar-refractivity contribution in [1.29, 1.82) is 10.5 Å². The quantitative estimate of drug-likeness (QED) is 0.546. The predicted molar refractivity (Wildman–Crippen MR) is 112 cm³/mol. The van der Waals surface area contributed by atoms with Gasteiger partial charge in [-0.3, -0.25) is 0 Å². The number of nitriles is 2. The Hall–Kier alpha value is -4.03. The first kappa shape index (κ1) is 20.7. The fourth-order valence-corrected chi connectivity index (χ4v) is 3.41. The second-order valence-corrected chi connectivity index (χ2v) is 6.55. The van der Waals surface area contributed by atoms with Crippen molar-refractivity contribution in [2.24, 2.45) is 7.05 Å². The van der Waals surface area contributed by atoms with Crippen molar-refractivity contribution >= 4 is 5.97 Å². The highest BCUT2D eigenvalue weighted by atomic mass is 16.5. The minimum atomic E-state index is -0.455. The van der Waals surface area contributed by atoms with Gasteiger partial charge in [-0.05, 0) is 55.3 Å². The molecule has 0 aliphatic carbocycles. The summed E-state index contributed by atoms with van der Waals surface area (Å²) >= 11 is 0. The summed E-state index contributed by atoms with van der Waals surface area (Å²) in [5.74, 6) is 0.759. The Bertz CT molecular complexity index is 1140. The molecule has 0 N–H and O–H groups in total. The summed E-state index contributed by atoms with van der Waals surface area (Å²) in [6.45, 7) is 3.95. The van der Waals surface area contributed by atoms with Crippen LogP contribution in [0.2, 0.25) is 0 Å². The van der Waals surface area contributed by atoms with Gasteiger partial charge < -0.3 is 14.0 Å². The number of hydrogen-bond donors (Lipinski definition) is 0. The van der Waals surface area contributed by atoms with Crippen LogP contribution in [-0.2, 0) is 18.2 Å². The number of rotatable bonds is 6. The molecule has 2 aromatic carbocycles. The first-order chi connectivity index (χ1) is 14.5. The number of hydrogen-bond acceptors (Lipinski definition) is 5.